The van der Waals surface area contributed by atoms with Gasteiger partial charge in [0.2, 0.25) is 0 Å². The highest BCUT2D eigenvalue weighted by Crippen LogP contribution is 2.37. The van der Waals surface area contributed by atoms with E-state index in [0.29, 0.717) is 26.1 Å². The molecule has 0 saturated heterocycles. The number of hydrogen-bond acceptors (Lipinski definition) is 3. The van der Waals surface area contributed by atoms with Gasteiger partial charge in [0.05, 0.1) is 11.1 Å². The van der Waals surface area contributed by atoms with Gasteiger partial charge in [-0.15, -0.1) is 13.2 Å². The van der Waals surface area contributed by atoms with Gasteiger partial charge in [-0.25, -0.2) is 0 Å². The van der Waals surface area contributed by atoms with Crippen molar-refractivity contribution >= 4 is 35.9 Å². The van der Waals surface area contributed by atoms with Crippen LogP contribution in [0.15, 0.2) is 86.0 Å². The monoisotopic (exact) mass is 481 g/mol. The minimum Gasteiger partial charge on any atom is -0.407 e. The van der Waals surface area contributed by atoms with Crippen molar-refractivity contribution in [3.05, 3.63) is 86.0 Å². The molecule has 2 rings (SSSR count). The number of rotatable bonds is 12. The minimum absolute atomic E-state index is 0.0910. The Kier molecular flexibility index (Phi) is 10.2. The van der Waals surface area contributed by atoms with Crippen LogP contribution in [-0.4, -0.2) is 49.1 Å². The van der Waals surface area contributed by atoms with Crippen molar-refractivity contribution in [2.24, 2.45) is 5.92 Å². The first-order chi connectivity index (χ1) is 15.7. The molecule has 0 bridgehead atoms. The van der Waals surface area contributed by atoms with Gasteiger partial charge in [0.15, 0.2) is 0 Å². The smallest absolute Gasteiger partial charge is 0.261 e. The van der Waals surface area contributed by atoms with Crippen LogP contribution in [0.25, 0.3) is 0 Å². The van der Waals surface area contributed by atoms with E-state index in [1.807, 2.05) is 36.1 Å². The number of nitrogens with zero attached hydrogens (tertiary/aromatic N) is 1. The lowest BCUT2D eigenvalue weighted by molar-refractivity contribution is 0.109. The Labute approximate surface area is 206 Å². The van der Waals surface area contributed by atoms with Gasteiger partial charge in [0.1, 0.15) is 0 Å². The van der Waals surface area contributed by atoms with Gasteiger partial charge in [-0.3, -0.25) is 0 Å². The Balaban J connectivity index is 2.26. The lowest BCUT2D eigenvalue weighted by atomic mass is 10.0. The second-order valence-corrected chi connectivity index (χ2v) is 14.2. The van der Waals surface area contributed by atoms with Crippen molar-refractivity contribution in [2.45, 2.75) is 45.3 Å². The second kappa shape index (κ2) is 12.4. The van der Waals surface area contributed by atoms with Crippen LogP contribution >= 0.6 is 12.2 Å². The number of benzene rings is 2. The van der Waals surface area contributed by atoms with Gasteiger partial charge < -0.3 is 14.4 Å². The zero-order valence-electron chi connectivity index (χ0n) is 20.5. The van der Waals surface area contributed by atoms with E-state index in [-0.39, 0.29) is 11.0 Å². The number of aliphatic hydroxyl groups is 1. The predicted molar refractivity (Wildman–Crippen MR) is 148 cm³/mol. The average molecular weight is 482 g/mol. The van der Waals surface area contributed by atoms with E-state index in [1.54, 1.807) is 0 Å². The molecule has 0 amide bonds. The highest BCUT2D eigenvalue weighted by atomic mass is 32.1. The quantitative estimate of drug-likeness (QED) is 0.264. The summed E-state index contributed by atoms with van der Waals surface area (Å²) < 4.78 is 6.91. The molecule has 1 N–H and O–H groups in total. The molecule has 0 unspecified atom stereocenters. The molecule has 0 aromatic heterocycles. The van der Waals surface area contributed by atoms with Gasteiger partial charge in [-0.2, -0.15) is 0 Å². The van der Waals surface area contributed by atoms with Crippen molar-refractivity contribution < 1.29 is 9.53 Å². The molecule has 0 fully saturated rings. The molecule has 0 aliphatic heterocycles. The summed E-state index contributed by atoms with van der Waals surface area (Å²) in [7, 11) is -2.61. The van der Waals surface area contributed by atoms with E-state index >= 15 is 0 Å². The van der Waals surface area contributed by atoms with Crippen LogP contribution in [-0.2, 0) is 4.43 Å². The first kappa shape index (κ1) is 27.2. The second-order valence-electron chi connectivity index (χ2n) is 9.48. The maximum absolute atomic E-state index is 11.0. The summed E-state index contributed by atoms with van der Waals surface area (Å²) in [5, 5.41) is 13.4. The Morgan fingerprint density at radius 1 is 1.00 bits per heavy atom. The molecule has 0 heterocycles. The molecule has 0 radical (unpaired) electrons. The molecule has 2 atom stereocenters. The summed E-state index contributed by atoms with van der Waals surface area (Å²) in [6.07, 6.45) is 3.57. The topological polar surface area (TPSA) is 32.7 Å². The Morgan fingerprint density at radius 3 is 1.85 bits per heavy atom. The van der Waals surface area contributed by atoms with Gasteiger partial charge >= 0.3 is 0 Å². The number of hydrogen-bond donors (Lipinski definition) is 1. The first-order valence-electron chi connectivity index (χ1n) is 11.6. The third-order valence-corrected chi connectivity index (χ3v) is 11.8. The van der Waals surface area contributed by atoms with Crippen LogP contribution in [0.5, 0.6) is 0 Å². The summed E-state index contributed by atoms with van der Waals surface area (Å²) >= 11 is 5.68. The highest BCUT2D eigenvalue weighted by Gasteiger charge is 2.50. The van der Waals surface area contributed by atoms with Crippen LogP contribution in [0.2, 0.25) is 5.04 Å². The van der Waals surface area contributed by atoms with Gasteiger partial charge in [0, 0.05) is 25.6 Å². The van der Waals surface area contributed by atoms with Crippen LogP contribution in [0.3, 0.4) is 0 Å². The molecule has 33 heavy (non-hydrogen) atoms. The van der Waals surface area contributed by atoms with Crippen LogP contribution in [0, 0.1) is 5.92 Å². The molecule has 0 aliphatic carbocycles. The van der Waals surface area contributed by atoms with E-state index in [0.717, 1.165) is 4.99 Å². The molecule has 3 nitrogen and oxygen atoms in total. The molecule has 0 saturated carbocycles. The van der Waals surface area contributed by atoms with E-state index in [2.05, 4.69) is 82.5 Å². The Bertz CT molecular complexity index is 846. The maximum atomic E-state index is 11.0. The molecular weight excluding hydrogens is 442 g/mol. The standard InChI is InChI=1S/C28H39NO2SSi/c1-7-20-29(21-8-2)27(32)23(3)26(30)19-22-31-33(28(4,5)6,24-15-11-9-12-16-24)25-17-13-10-14-18-25/h7-18,23,26,30H,1-2,19-22H2,3-6H3/t23-,26+/m1/s1. The van der Waals surface area contributed by atoms with Crippen molar-refractivity contribution in [3.63, 3.8) is 0 Å². The summed E-state index contributed by atoms with van der Waals surface area (Å²) in [6, 6.07) is 21.1. The van der Waals surface area contributed by atoms with E-state index in [4.69, 9.17) is 16.6 Å². The molecular formula is C28H39NO2SSi. The van der Waals surface area contributed by atoms with E-state index < -0.39 is 14.4 Å². The van der Waals surface area contributed by atoms with E-state index in [9.17, 15) is 5.11 Å². The molecule has 0 aliphatic rings. The lowest BCUT2D eigenvalue weighted by Gasteiger charge is -2.43. The minimum atomic E-state index is -2.61. The van der Waals surface area contributed by atoms with Gasteiger partial charge in [-0.1, -0.05) is 113 Å². The molecule has 5 heteroatoms. The van der Waals surface area contributed by atoms with Crippen molar-refractivity contribution in [1.29, 1.82) is 0 Å². The summed E-state index contributed by atoms with van der Waals surface area (Å²) in [5.41, 5.74) is 0. The van der Waals surface area contributed by atoms with Crippen LogP contribution in [0.4, 0.5) is 0 Å². The van der Waals surface area contributed by atoms with Crippen molar-refractivity contribution in [2.75, 3.05) is 19.7 Å². The fraction of sp³-hybridized carbons (Fsp3) is 0.393. The molecule has 2 aromatic carbocycles. The van der Waals surface area contributed by atoms with Crippen LogP contribution in [0.1, 0.15) is 34.1 Å². The third kappa shape index (κ3) is 6.51. The first-order valence-corrected chi connectivity index (χ1v) is 13.9. The van der Waals surface area contributed by atoms with E-state index in [1.165, 1.54) is 10.4 Å². The SMILES string of the molecule is C=CCN(CC=C)C(=S)[C@H](C)[C@@H](O)CCO[Si](c1ccccc1)(c1ccccc1)C(C)(C)C. The molecule has 2 aromatic rings. The zero-order chi connectivity index (χ0) is 24.5. The third-order valence-electron chi connectivity index (χ3n) is 6.13. The summed E-state index contributed by atoms with van der Waals surface area (Å²) in [4.78, 5) is 2.75. The average Bonchev–Trinajstić information content (AvgIpc) is 2.81. The normalized spacial score (nSPS) is 13.7. The maximum Gasteiger partial charge on any atom is 0.261 e. The summed E-state index contributed by atoms with van der Waals surface area (Å²) in [5.74, 6) is -0.164. The number of thiocarbonyl (C=S) groups is 1. The highest BCUT2D eigenvalue weighted by molar-refractivity contribution is 7.80. The molecule has 0 spiro atoms. The largest absolute Gasteiger partial charge is 0.407 e. The fourth-order valence-electron chi connectivity index (χ4n) is 4.36. The molecule has 178 valence electrons. The van der Waals surface area contributed by atoms with Crippen molar-refractivity contribution in [1.82, 2.24) is 4.90 Å². The fourth-order valence-corrected chi connectivity index (χ4v) is 9.25. The zero-order valence-corrected chi connectivity index (χ0v) is 22.4. The van der Waals surface area contributed by atoms with Crippen molar-refractivity contribution in [3.8, 4) is 0 Å². The van der Waals surface area contributed by atoms with Crippen LogP contribution < -0.4 is 10.4 Å². The predicted octanol–water partition coefficient (Wildman–Crippen LogP) is 4.95. The lowest BCUT2D eigenvalue weighted by Crippen LogP contribution is -2.66. The number of aliphatic hydroxyl groups excluding tert-OH is 1. The van der Waals surface area contributed by atoms with Gasteiger partial charge in [-0.05, 0) is 21.8 Å². The Morgan fingerprint density at radius 2 is 1.45 bits per heavy atom. The summed E-state index contributed by atoms with van der Waals surface area (Å²) in [6.45, 7) is 18.1. The Hall–Kier alpha value is -2.05. The van der Waals surface area contributed by atoms with Gasteiger partial charge in [0.25, 0.3) is 8.32 Å².